The highest BCUT2D eigenvalue weighted by atomic mass is 31.2. The summed E-state index contributed by atoms with van der Waals surface area (Å²) in [7, 11) is -1.03. The second kappa shape index (κ2) is 33.7. The Morgan fingerprint density at radius 3 is 1.93 bits per heavy atom. The fourth-order valence-corrected chi connectivity index (χ4v) is 7.86. The van der Waals surface area contributed by atoms with Crippen LogP contribution in [0.5, 0.6) is 0 Å². The lowest BCUT2D eigenvalue weighted by molar-refractivity contribution is -0.261. The van der Waals surface area contributed by atoms with Gasteiger partial charge in [-0.25, -0.2) is 4.57 Å². The van der Waals surface area contributed by atoms with E-state index in [0.717, 1.165) is 51.4 Å². The molecule has 2 unspecified atom stereocenters. The van der Waals surface area contributed by atoms with Crippen LogP contribution in [-0.2, 0) is 41.9 Å². The van der Waals surface area contributed by atoms with Crippen molar-refractivity contribution in [2.24, 2.45) is 0 Å². The summed E-state index contributed by atoms with van der Waals surface area (Å²) in [5, 5.41) is 14.2. The van der Waals surface area contributed by atoms with Crippen molar-refractivity contribution in [2.75, 3.05) is 40.6 Å². The van der Waals surface area contributed by atoms with E-state index in [-0.39, 0.29) is 38.4 Å². The van der Waals surface area contributed by atoms with Crippen molar-refractivity contribution in [1.82, 2.24) is 5.32 Å². The van der Waals surface area contributed by atoms with Crippen LogP contribution in [0.4, 0.5) is 0 Å². The second-order valence-electron chi connectivity index (χ2n) is 14.3. The van der Waals surface area contributed by atoms with Crippen molar-refractivity contribution in [1.29, 1.82) is 0 Å². The lowest BCUT2D eigenvalue weighted by Crippen LogP contribution is -2.65. The van der Waals surface area contributed by atoms with Crippen LogP contribution in [0.3, 0.4) is 0 Å². The maximum Gasteiger partial charge on any atom is 0.475 e. The van der Waals surface area contributed by atoms with E-state index in [0.29, 0.717) is 12.8 Å². The highest BCUT2D eigenvalue weighted by Gasteiger charge is 2.51. The van der Waals surface area contributed by atoms with Gasteiger partial charge in [0.05, 0.1) is 25.9 Å². The minimum Gasteiger partial charge on any atom is -0.382 e. The number of phosphoric acid groups is 1. The van der Waals surface area contributed by atoms with Crippen molar-refractivity contribution in [3.8, 4) is 0 Å². The number of methoxy groups -OCH3 is 2. The van der Waals surface area contributed by atoms with Gasteiger partial charge in [0, 0.05) is 27.2 Å². The Morgan fingerprint density at radius 2 is 1.35 bits per heavy atom. The first kappa shape index (κ1) is 50.6. The third-order valence-corrected chi connectivity index (χ3v) is 11.1. The molecular weight excluding hydrogens is 709 g/mol. The van der Waals surface area contributed by atoms with Crippen LogP contribution < -0.4 is 5.32 Å². The molecule has 0 aromatic carbocycles. The van der Waals surface area contributed by atoms with E-state index in [1.807, 2.05) is 0 Å². The van der Waals surface area contributed by atoms with Crippen LogP contribution in [-0.4, -0.2) is 88.4 Å². The van der Waals surface area contributed by atoms with Crippen molar-refractivity contribution >= 4 is 13.7 Å². The normalized spacial score (nSPS) is 21.0. The maximum absolute atomic E-state index is 13.8. The van der Waals surface area contributed by atoms with E-state index in [4.69, 9.17) is 32.5 Å². The number of rotatable bonds is 37. The number of aliphatic hydroxyl groups excluding tert-OH is 1. The monoisotopic (exact) mass is 788 g/mol. The number of unbranched alkanes of at least 4 members (excludes halogenated alkanes) is 15. The molecule has 11 nitrogen and oxygen atoms in total. The molecule has 0 saturated carbocycles. The van der Waals surface area contributed by atoms with Crippen molar-refractivity contribution in [3.63, 3.8) is 0 Å². The number of allylic oxidation sites excluding steroid dienone is 2. The SMILES string of the molecule is C=CCOP(=O)(OCC=C)O[C@@H]1C(COC)OC(O)[C@H](NC(=O)CCCCCCCCCC=CCCCCCC)[C@H]1OCC[C@@H](CCCCCCC)OC. The lowest BCUT2D eigenvalue weighted by Gasteiger charge is -2.45. The molecule has 1 heterocycles. The number of aliphatic hydroxyl groups is 1. The number of phosphoric ester groups is 1. The number of amides is 1. The Bertz CT molecular complexity index is 998. The van der Waals surface area contributed by atoms with Crippen molar-refractivity contribution < 1.29 is 47.0 Å². The van der Waals surface area contributed by atoms with E-state index in [9.17, 15) is 14.5 Å². The molecule has 1 rings (SSSR count). The molecule has 54 heavy (non-hydrogen) atoms. The summed E-state index contributed by atoms with van der Waals surface area (Å²) in [6.07, 6.45) is 25.7. The molecule has 1 aliphatic rings. The van der Waals surface area contributed by atoms with Crippen LogP contribution in [0.2, 0.25) is 0 Å². The van der Waals surface area contributed by atoms with Crippen LogP contribution in [0, 0.1) is 0 Å². The standard InChI is InChI=1S/C42H78NO10P/c1-7-11-13-15-16-17-18-19-20-21-22-23-24-26-28-30-38(44)43-39-41(49-34-31-36(48-6)29-27-25-14-12-8-2)40(37(35-47-5)52-42(39)45)53-54(46,50-32-9-3)51-33-10-4/h9-10,17-18,36-37,39-42,45H,3-4,7-8,11-16,19-35H2,1-2,5-6H3,(H,43,44)/t36-,37?,39-,40-,41-,42?/m1/s1. The van der Waals surface area contributed by atoms with Crippen LogP contribution >= 0.6 is 7.82 Å². The maximum atomic E-state index is 13.8. The Hall–Kier alpha value is -1.40. The van der Waals surface area contributed by atoms with Gasteiger partial charge in [-0.1, -0.05) is 122 Å². The molecule has 12 heteroatoms. The van der Waals surface area contributed by atoms with Crippen molar-refractivity contribution in [2.45, 2.75) is 185 Å². The number of carbonyl (C=O) groups is 1. The average molecular weight is 788 g/mol. The van der Waals surface area contributed by atoms with E-state index < -0.39 is 38.5 Å². The zero-order chi connectivity index (χ0) is 39.7. The summed E-state index contributed by atoms with van der Waals surface area (Å²) < 4.78 is 54.4. The highest BCUT2D eigenvalue weighted by Crippen LogP contribution is 2.52. The average Bonchev–Trinajstić information content (AvgIpc) is 3.16. The van der Waals surface area contributed by atoms with Gasteiger partial charge in [0.2, 0.25) is 5.91 Å². The van der Waals surface area contributed by atoms with Gasteiger partial charge < -0.3 is 29.4 Å². The Labute approximate surface area is 328 Å². The lowest BCUT2D eigenvalue weighted by atomic mass is 9.96. The number of nitrogens with one attached hydrogen (secondary N) is 1. The molecule has 0 aliphatic carbocycles. The minimum absolute atomic E-state index is 0.0144. The number of hydrogen-bond donors (Lipinski definition) is 2. The molecule has 0 aromatic heterocycles. The first-order valence-corrected chi connectivity index (χ1v) is 22.5. The Balaban J connectivity index is 2.86. The third-order valence-electron chi connectivity index (χ3n) is 9.65. The summed E-state index contributed by atoms with van der Waals surface area (Å²) in [5.41, 5.74) is 0. The number of carbonyl (C=O) groups excluding carboxylic acids is 1. The predicted octanol–water partition coefficient (Wildman–Crippen LogP) is 9.92. The minimum atomic E-state index is -4.21. The van der Waals surface area contributed by atoms with E-state index in [1.54, 1.807) is 7.11 Å². The molecule has 1 amide bonds. The van der Waals surface area contributed by atoms with Gasteiger partial charge in [-0.15, -0.1) is 13.2 Å². The second-order valence-corrected chi connectivity index (χ2v) is 15.9. The molecule has 6 atom stereocenters. The van der Waals surface area contributed by atoms with Crippen LogP contribution in [0.15, 0.2) is 37.5 Å². The Morgan fingerprint density at radius 1 is 0.796 bits per heavy atom. The predicted molar refractivity (Wildman–Crippen MR) is 217 cm³/mol. The number of hydrogen-bond acceptors (Lipinski definition) is 10. The highest BCUT2D eigenvalue weighted by molar-refractivity contribution is 7.48. The van der Waals surface area contributed by atoms with Gasteiger partial charge in [0.15, 0.2) is 6.29 Å². The van der Waals surface area contributed by atoms with Gasteiger partial charge >= 0.3 is 7.82 Å². The third kappa shape index (κ3) is 23.6. The van der Waals surface area contributed by atoms with E-state index >= 15 is 0 Å². The Kier molecular flexibility index (Phi) is 31.6. The van der Waals surface area contributed by atoms with E-state index in [2.05, 4.69) is 44.5 Å². The van der Waals surface area contributed by atoms with Crippen molar-refractivity contribution in [3.05, 3.63) is 37.5 Å². The molecule has 0 bridgehead atoms. The zero-order valence-electron chi connectivity index (χ0n) is 34.4. The van der Waals surface area contributed by atoms with Gasteiger partial charge in [-0.2, -0.15) is 0 Å². The summed E-state index contributed by atoms with van der Waals surface area (Å²) >= 11 is 0. The molecule has 1 fully saturated rings. The molecular formula is C42H78NO10P. The van der Waals surface area contributed by atoms with Gasteiger partial charge in [0.25, 0.3) is 0 Å². The largest absolute Gasteiger partial charge is 0.475 e. The molecule has 316 valence electrons. The summed E-state index contributed by atoms with van der Waals surface area (Å²) in [6, 6.07) is -1.02. The van der Waals surface area contributed by atoms with E-state index in [1.165, 1.54) is 89.9 Å². The smallest absolute Gasteiger partial charge is 0.382 e. The van der Waals surface area contributed by atoms with Crippen LogP contribution in [0.1, 0.15) is 149 Å². The fourth-order valence-electron chi connectivity index (χ4n) is 6.54. The zero-order valence-corrected chi connectivity index (χ0v) is 35.3. The first-order valence-electron chi connectivity index (χ1n) is 21.0. The first-order chi connectivity index (χ1) is 26.3. The molecule has 1 saturated heterocycles. The molecule has 0 spiro atoms. The number of ether oxygens (including phenoxy) is 4. The topological polar surface area (TPSA) is 131 Å². The van der Waals surface area contributed by atoms with Gasteiger partial charge in [-0.3, -0.25) is 18.4 Å². The van der Waals surface area contributed by atoms with Gasteiger partial charge in [0.1, 0.15) is 24.4 Å². The molecule has 0 aromatic rings. The molecule has 2 N–H and O–H groups in total. The summed E-state index contributed by atoms with van der Waals surface area (Å²) in [6.45, 7) is 11.7. The van der Waals surface area contributed by atoms with Crippen LogP contribution in [0.25, 0.3) is 0 Å². The quantitative estimate of drug-likeness (QED) is 0.0356. The fraction of sp³-hybridized carbons (Fsp3) is 0.833. The molecule has 1 aliphatic heterocycles. The molecule has 0 radical (unpaired) electrons. The summed E-state index contributed by atoms with van der Waals surface area (Å²) in [4.78, 5) is 13.3. The van der Waals surface area contributed by atoms with Gasteiger partial charge in [-0.05, 0) is 44.9 Å². The summed E-state index contributed by atoms with van der Waals surface area (Å²) in [5.74, 6) is -0.238.